The molecule has 1 saturated carbocycles. The minimum absolute atomic E-state index is 0.0330. The van der Waals surface area contributed by atoms with Gasteiger partial charge in [-0.3, -0.25) is 9.59 Å². The molecule has 0 spiro atoms. The summed E-state index contributed by atoms with van der Waals surface area (Å²) in [5.41, 5.74) is -1.36. The Bertz CT molecular complexity index is 478. The Labute approximate surface area is 126 Å². The first kappa shape index (κ1) is 17.9. The van der Waals surface area contributed by atoms with E-state index in [1.54, 1.807) is 13.8 Å². The number of hydrogen-bond acceptors (Lipinski definition) is 6. The van der Waals surface area contributed by atoms with E-state index in [9.17, 15) is 18.0 Å². The van der Waals surface area contributed by atoms with Gasteiger partial charge in [0.15, 0.2) is 5.41 Å². The fourth-order valence-corrected chi connectivity index (χ4v) is 4.24. The Morgan fingerprint density at radius 1 is 1.10 bits per heavy atom. The highest BCUT2D eigenvalue weighted by molar-refractivity contribution is 7.90. The number of ether oxygens (including phenoxy) is 2. The third-order valence-corrected chi connectivity index (χ3v) is 4.97. The van der Waals surface area contributed by atoms with E-state index in [2.05, 4.69) is 0 Å². The van der Waals surface area contributed by atoms with Crippen LogP contribution in [0.1, 0.15) is 33.6 Å². The Morgan fingerprint density at radius 2 is 1.57 bits per heavy atom. The summed E-state index contributed by atoms with van der Waals surface area (Å²) in [6.45, 7) is 5.54. The van der Waals surface area contributed by atoms with Crippen molar-refractivity contribution >= 4 is 21.8 Å². The molecule has 0 saturated heterocycles. The Kier molecular flexibility index (Phi) is 5.78. The SMILES string of the molecule is CCOC(=O)C1(C(=O)OCC)C[C@@H](CS(C)(=O)=O)[C@@H](C)C1. The molecule has 0 aromatic rings. The summed E-state index contributed by atoms with van der Waals surface area (Å²) in [5.74, 6) is -1.55. The molecule has 1 aliphatic rings. The number of esters is 2. The van der Waals surface area contributed by atoms with Gasteiger partial charge in [0.05, 0.1) is 19.0 Å². The second kappa shape index (κ2) is 6.77. The number of carbonyl (C=O) groups excluding carboxylic acids is 2. The molecule has 0 heterocycles. The third-order valence-electron chi connectivity index (χ3n) is 3.93. The molecule has 7 heteroatoms. The molecule has 6 nitrogen and oxygen atoms in total. The van der Waals surface area contributed by atoms with Crippen LogP contribution in [0.5, 0.6) is 0 Å². The standard InChI is InChI=1S/C14H24O6S/c1-5-19-12(15)14(13(16)20-6-2)7-10(3)11(8-14)9-21(4,17)18/h10-11H,5-9H2,1-4H3/t10-,11-/m0/s1. The molecule has 0 aromatic heterocycles. The van der Waals surface area contributed by atoms with Gasteiger partial charge in [-0.15, -0.1) is 0 Å². The third kappa shape index (κ3) is 4.18. The quantitative estimate of drug-likeness (QED) is 0.540. The largest absolute Gasteiger partial charge is 0.465 e. The van der Waals surface area contributed by atoms with Crippen LogP contribution in [0.25, 0.3) is 0 Å². The van der Waals surface area contributed by atoms with E-state index >= 15 is 0 Å². The summed E-state index contributed by atoms with van der Waals surface area (Å²) >= 11 is 0. The van der Waals surface area contributed by atoms with Gasteiger partial charge < -0.3 is 9.47 Å². The van der Waals surface area contributed by atoms with Gasteiger partial charge >= 0.3 is 11.9 Å². The number of sulfone groups is 1. The van der Waals surface area contributed by atoms with E-state index in [0.29, 0.717) is 0 Å². The summed E-state index contributed by atoms with van der Waals surface area (Å²) in [7, 11) is -3.17. The normalized spacial score (nSPS) is 24.6. The molecule has 122 valence electrons. The van der Waals surface area contributed by atoms with Crippen molar-refractivity contribution in [3.05, 3.63) is 0 Å². The van der Waals surface area contributed by atoms with E-state index in [1.165, 1.54) is 0 Å². The second-order valence-electron chi connectivity index (χ2n) is 5.76. The lowest BCUT2D eigenvalue weighted by Gasteiger charge is -2.24. The van der Waals surface area contributed by atoms with Gasteiger partial charge in [0, 0.05) is 6.26 Å². The smallest absolute Gasteiger partial charge is 0.323 e. The van der Waals surface area contributed by atoms with Crippen molar-refractivity contribution in [2.24, 2.45) is 17.3 Å². The Morgan fingerprint density at radius 3 is 1.95 bits per heavy atom. The van der Waals surface area contributed by atoms with Crippen LogP contribution in [0, 0.1) is 17.3 Å². The van der Waals surface area contributed by atoms with Crippen molar-refractivity contribution in [2.45, 2.75) is 33.6 Å². The van der Waals surface area contributed by atoms with Crippen LogP contribution in [0.2, 0.25) is 0 Å². The van der Waals surface area contributed by atoms with Crippen molar-refractivity contribution in [2.75, 3.05) is 25.2 Å². The lowest BCUT2D eigenvalue weighted by atomic mass is 9.85. The molecule has 1 aliphatic carbocycles. The van der Waals surface area contributed by atoms with Crippen LogP contribution in [-0.2, 0) is 28.9 Å². The molecule has 1 fully saturated rings. The number of hydrogen-bond donors (Lipinski definition) is 0. The van der Waals surface area contributed by atoms with Crippen LogP contribution in [0.3, 0.4) is 0 Å². The summed E-state index contributed by atoms with van der Waals surface area (Å²) in [6.07, 6.45) is 1.60. The molecule has 0 N–H and O–H groups in total. The highest BCUT2D eigenvalue weighted by Gasteiger charge is 2.56. The molecule has 2 atom stereocenters. The molecule has 0 aromatic carbocycles. The van der Waals surface area contributed by atoms with E-state index in [4.69, 9.17) is 9.47 Å². The maximum atomic E-state index is 12.3. The van der Waals surface area contributed by atoms with Crippen LogP contribution in [-0.4, -0.2) is 45.6 Å². The number of rotatable bonds is 6. The Balaban J connectivity index is 3.05. The minimum atomic E-state index is -3.17. The van der Waals surface area contributed by atoms with E-state index in [1.807, 2.05) is 6.92 Å². The molecule has 1 rings (SSSR count). The minimum Gasteiger partial charge on any atom is -0.465 e. The van der Waals surface area contributed by atoms with Gasteiger partial charge in [-0.1, -0.05) is 6.92 Å². The van der Waals surface area contributed by atoms with Crippen LogP contribution in [0.4, 0.5) is 0 Å². The van der Waals surface area contributed by atoms with Crippen LogP contribution >= 0.6 is 0 Å². The maximum Gasteiger partial charge on any atom is 0.323 e. The fourth-order valence-electron chi connectivity index (χ4n) is 3.02. The first-order valence-corrected chi connectivity index (χ1v) is 9.24. The van der Waals surface area contributed by atoms with Crippen molar-refractivity contribution in [1.29, 1.82) is 0 Å². The predicted octanol–water partition coefficient (Wildman–Crippen LogP) is 1.19. The van der Waals surface area contributed by atoms with Crippen molar-refractivity contribution in [1.82, 2.24) is 0 Å². The summed E-state index contributed by atoms with van der Waals surface area (Å²) in [4.78, 5) is 24.5. The van der Waals surface area contributed by atoms with E-state index in [-0.39, 0.29) is 43.6 Å². The zero-order valence-corrected chi connectivity index (χ0v) is 13.9. The van der Waals surface area contributed by atoms with Gasteiger partial charge in [0.1, 0.15) is 9.84 Å². The second-order valence-corrected chi connectivity index (χ2v) is 7.95. The lowest BCUT2D eigenvalue weighted by molar-refractivity contribution is -0.172. The molecule has 0 unspecified atom stereocenters. The van der Waals surface area contributed by atoms with Crippen molar-refractivity contribution < 1.29 is 27.5 Å². The average Bonchev–Trinajstić information content (AvgIpc) is 2.66. The topological polar surface area (TPSA) is 86.7 Å². The molecular formula is C14H24O6S. The first-order chi connectivity index (χ1) is 9.66. The molecule has 21 heavy (non-hydrogen) atoms. The van der Waals surface area contributed by atoms with E-state index in [0.717, 1.165) is 6.26 Å². The first-order valence-electron chi connectivity index (χ1n) is 7.18. The van der Waals surface area contributed by atoms with Gasteiger partial charge in [0.2, 0.25) is 0 Å². The molecule has 0 aliphatic heterocycles. The summed E-state index contributed by atoms with van der Waals surface area (Å²) < 4.78 is 33.1. The van der Waals surface area contributed by atoms with Crippen molar-refractivity contribution in [3.63, 3.8) is 0 Å². The molecule has 0 amide bonds. The highest BCUT2D eigenvalue weighted by atomic mass is 32.2. The predicted molar refractivity (Wildman–Crippen MR) is 77.3 cm³/mol. The van der Waals surface area contributed by atoms with Gasteiger partial charge in [-0.2, -0.15) is 0 Å². The van der Waals surface area contributed by atoms with Crippen molar-refractivity contribution in [3.8, 4) is 0 Å². The summed E-state index contributed by atoms with van der Waals surface area (Å²) in [5, 5.41) is 0. The summed E-state index contributed by atoms with van der Waals surface area (Å²) in [6, 6.07) is 0. The Hall–Kier alpha value is -1.11. The zero-order chi connectivity index (χ0) is 16.3. The lowest BCUT2D eigenvalue weighted by Crippen LogP contribution is -2.40. The molecule has 0 radical (unpaired) electrons. The van der Waals surface area contributed by atoms with Crippen LogP contribution < -0.4 is 0 Å². The number of carbonyl (C=O) groups is 2. The molecular weight excluding hydrogens is 296 g/mol. The molecule has 0 bridgehead atoms. The highest BCUT2D eigenvalue weighted by Crippen LogP contribution is 2.47. The van der Waals surface area contributed by atoms with Gasteiger partial charge in [-0.05, 0) is 38.5 Å². The van der Waals surface area contributed by atoms with Gasteiger partial charge in [-0.25, -0.2) is 8.42 Å². The zero-order valence-electron chi connectivity index (χ0n) is 13.0. The van der Waals surface area contributed by atoms with E-state index < -0.39 is 27.2 Å². The fraction of sp³-hybridized carbons (Fsp3) is 0.857. The monoisotopic (exact) mass is 320 g/mol. The van der Waals surface area contributed by atoms with Gasteiger partial charge in [0.25, 0.3) is 0 Å². The van der Waals surface area contributed by atoms with Crippen LogP contribution in [0.15, 0.2) is 0 Å². The average molecular weight is 320 g/mol. The maximum absolute atomic E-state index is 12.3.